The smallest absolute Gasteiger partial charge is 0.422 e. The van der Waals surface area contributed by atoms with Crippen molar-refractivity contribution in [3.63, 3.8) is 0 Å². The van der Waals surface area contributed by atoms with Crippen LogP contribution in [0.5, 0.6) is 6.01 Å². The molecule has 1 aromatic carbocycles. The summed E-state index contributed by atoms with van der Waals surface area (Å²) in [5, 5.41) is 5.70. The van der Waals surface area contributed by atoms with Gasteiger partial charge in [0.05, 0.1) is 5.56 Å². The third-order valence-electron chi connectivity index (χ3n) is 6.60. The lowest BCUT2D eigenvalue weighted by molar-refractivity contribution is -0.154. The van der Waals surface area contributed by atoms with E-state index in [1.165, 1.54) is 12.1 Å². The average molecular weight is 584 g/mol. The third kappa shape index (κ3) is 7.76. The Balaban J connectivity index is 1.27. The van der Waals surface area contributed by atoms with Crippen LogP contribution < -0.4 is 25.2 Å². The topological polar surface area (TPSA) is 104 Å². The summed E-state index contributed by atoms with van der Waals surface area (Å²) in [6.45, 7) is 1.51. The molecule has 220 valence electrons. The van der Waals surface area contributed by atoms with Crippen molar-refractivity contribution in [2.24, 2.45) is 0 Å². The highest BCUT2D eigenvalue weighted by Gasteiger charge is 2.31. The highest BCUT2D eigenvalue weighted by atomic mass is 19.4. The number of hydrogen-bond donors (Lipinski definition) is 2. The molecule has 10 nitrogen and oxygen atoms in total. The predicted molar refractivity (Wildman–Crippen MR) is 138 cm³/mol. The number of piperidine rings is 1. The minimum Gasteiger partial charge on any atom is -0.454 e. The molecule has 0 bridgehead atoms. The van der Waals surface area contributed by atoms with Gasteiger partial charge in [0.1, 0.15) is 5.82 Å². The molecule has 4 heterocycles. The quantitative estimate of drug-likeness (QED) is 0.351. The van der Waals surface area contributed by atoms with Crippen LogP contribution in [-0.4, -0.2) is 69.9 Å². The van der Waals surface area contributed by atoms with Crippen molar-refractivity contribution in [1.82, 2.24) is 24.9 Å². The van der Waals surface area contributed by atoms with Gasteiger partial charge in [0.25, 0.3) is 0 Å². The molecule has 2 aromatic heterocycles. The number of anilines is 5. The lowest BCUT2D eigenvalue weighted by atomic mass is 10.1. The molecule has 0 saturated carbocycles. The zero-order valence-corrected chi connectivity index (χ0v) is 21.7. The molecule has 2 N–H and O–H groups in total. The molecule has 0 aliphatic carbocycles. The zero-order valence-electron chi connectivity index (χ0n) is 21.7. The van der Waals surface area contributed by atoms with Crippen LogP contribution in [-0.2, 0) is 6.18 Å². The minimum atomic E-state index is -4.64. The van der Waals surface area contributed by atoms with E-state index in [9.17, 15) is 26.3 Å². The highest BCUT2D eigenvalue weighted by Crippen LogP contribution is 2.31. The Labute approximate surface area is 231 Å². The molecule has 2 fully saturated rings. The van der Waals surface area contributed by atoms with E-state index in [1.807, 2.05) is 6.07 Å². The number of rotatable bonds is 8. The molecule has 2 aliphatic heterocycles. The first-order valence-electron chi connectivity index (χ1n) is 13.0. The number of hydrogen-bond acceptors (Lipinski definition) is 10. The molecule has 16 heteroatoms. The monoisotopic (exact) mass is 583 g/mol. The Morgan fingerprint density at radius 3 is 2.29 bits per heavy atom. The second kappa shape index (κ2) is 11.8. The maximum atomic E-state index is 13.1. The number of nitrogens with zero attached hydrogens (tertiary/aromatic N) is 7. The molecule has 2 aliphatic rings. The van der Waals surface area contributed by atoms with E-state index in [4.69, 9.17) is 9.72 Å². The first-order chi connectivity index (χ1) is 19.5. The first kappa shape index (κ1) is 28.4. The molecule has 0 unspecified atom stereocenters. The van der Waals surface area contributed by atoms with Crippen molar-refractivity contribution in [1.29, 1.82) is 0 Å². The van der Waals surface area contributed by atoms with Gasteiger partial charge >= 0.3 is 18.4 Å². The van der Waals surface area contributed by atoms with Crippen LogP contribution in [0, 0.1) is 0 Å². The highest BCUT2D eigenvalue weighted by molar-refractivity contribution is 5.56. The zero-order chi connectivity index (χ0) is 29.0. The van der Waals surface area contributed by atoms with Crippen LogP contribution in [0.4, 0.5) is 55.7 Å². The van der Waals surface area contributed by atoms with Crippen molar-refractivity contribution in [2.45, 2.75) is 44.1 Å². The summed E-state index contributed by atoms with van der Waals surface area (Å²) in [5.41, 5.74) is -0.920. The molecule has 0 amide bonds. The second-order valence-corrected chi connectivity index (χ2v) is 9.69. The summed E-state index contributed by atoms with van der Waals surface area (Å²) in [6, 6.07) is 5.37. The Kier molecular flexibility index (Phi) is 8.17. The summed E-state index contributed by atoms with van der Waals surface area (Å²) < 4.78 is 82.3. The van der Waals surface area contributed by atoms with Crippen molar-refractivity contribution < 1.29 is 31.1 Å². The average Bonchev–Trinajstić information content (AvgIpc) is 3.47. The number of alkyl halides is 6. The SMILES string of the molecule is FC(F)(F)COc1nc(Nc2cccc(C(F)(F)F)c2)nc(NC2CCN(c3ccnc(N4CCCC4)n3)CC2)n1. The maximum Gasteiger partial charge on any atom is 0.422 e. The van der Waals surface area contributed by atoms with E-state index < -0.39 is 30.5 Å². The molecule has 0 radical (unpaired) electrons. The Morgan fingerprint density at radius 1 is 0.854 bits per heavy atom. The van der Waals surface area contributed by atoms with Gasteiger partial charge in [0, 0.05) is 44.1 Å². The number of aromatic nitrogens is 5. The van der Waals surface area contributed by atoms with Crippen LogP contribution >= 0.6 is 0 Å². The Morgan fingerprint density at radius 2 is 1.59 bits per heavy atom. The van der Waals surface area contributed by atoms with Gasteiger partial charge < -0.3 is 25.2 Å². The largest absolute Gasteiger partial charge is 0.454 e. The van der Waals surface area contributed by atoms with Crippen molar-refractivity contribution in [3.8, 4) is 6.01 Å². The fraction of sp³-hybridized carbons (Fsp3) is 0.480. The summed E-state index contributed by atoms with van der Waals surface area (Å²) in [5.74, 6) is 1.18. The van der Waals surface area contributed by atoms with Gasteiger partial charge in [0.2, 0.25) is 17.8 Å². The molecular weight excluding hydrogens is 556 g/mol. The lowest BCUT2D eigenvalue weighted by Crippen LogP contribution is -2.40. The fourth-order valence-electron chi connectivity index (χ4n) is 4.61. The fourth-order valence-corrected chi connectivity index (χ4v) is 4.61. The number of benzene rings is 1. The van der Waals surface area contributed by atoms with Crippen LogP contribution in [0.3, 0.4) is 0 Å². The number of halogens is 6. The molecule has 2 saturated heterocycles. The molecular formula is C25H27F6N9O. The summed E-state index contributed by atoms with van der Waals surface area (Å²) in [6.07, 6.45) is -3.97. The van der Waals surface area contributed by atoms with E-state index in [0.717, 1.165) is 43.9 Å². The summed E-state index contributed by atoms with van der Waals surface area (Å²) in [4.78, 5) is 25.3. The normalized spacial score (nSPS) is 16.6. The molecule has 0 spiro atoms. The van der Waals surface area contributed by atoms with Crippen molar-refractivity contribution in [2.75, 3.05) is 53.2 Å². The van der Waals surface area contributed by atoms with Crippen LogP contribution in [0.15, 0.2) is 36.5 Å². The van der Waals surface area contributed by atoms with Gasteiger partial charge in [-0.05, 0) is 49.9 Å². The Hall–Kier alpha value is -4.11. The predicted octanol–water partition coefficient (Wildman–Crippen LogP) is 5.05. The van der Waals surface area contributed by atoms with Gasteiger partial charge in [-0.2, -0.15) is 46.3 Å². The van der Waals surface area contributed by atoms with E-state index in [2.05, 4.69) is 40.4 Å². The minimum absolute atomic E-state index is 0.00907. The second-order valence-electron chi connectivity index (χ2n) is 9.69. The number of ether oxygens (including phenoxy) is 1. The summed E-state index contributed by atoms with van der Waals surface area (Å²) in [7, 11) is 0. The van der Waals surface area contributed by atoms with E-state index in [1.54, 1.807) is 6.20 Å². The van der Waals surface area contributed by atoms with Crippen molar-refractivity contribution >= 4 is 29.4 Å². The van der Waals surface area contributed by atoms with Gasteiger partial charge in [-0.1, -0.05) is 6.07 Å². The van der Waals surface area contributed by atoms with Crippen LogP contribution in [0.2, 0.25) is 0 Å². The van der Waals surface area contributed by atoms with Crippen LogP contribution in [0.25, 0.3) is 0 Å². The molecule has 5 rings (SSSR count). The van der Waals surface area contributed by atoms with Crippen LogP contribution in [0.1, 0.15) is 31.2 Å². The molecule has 3 aromatic rings. The van der Waals surface area contributed by atoms with Gasteiger partial charge in [-0.15, -0.1) is 0 Å². The Bertz CT molecular complexity index is 1330. The third-order valence-corrected chi connectivity index (χ3v) is 6.60. The van der Waals surface area contributed by atoms with E-state index in [-0.39, 0.29) is 23.6 Å². The molecule has 0 atom stereocenters. The van der Waals surface area contributed by atoms with Crippen molar-refractivity contribution in [3.05, 3.63) is 42.1 Å². The number of nitrogens with one attached hydrogen (secondary N) is 2. The maximum absolute atomic E-state index is 13.1. The van der Waals surface area contributed by atoms with E-state index >= 15 is 0 Å². The van der Waals surface area contributed by atoms with Gasteiger partial charge in [-0.25, -0.2) is 4.98 Å². The van der Waals surface area contributed by atoms with E-state index in [0.29, 0.717) is 31.9 Å². The first-order valence-corrected chi connectivity index (χ1v) is 13.0. The lowest BCUT2D eigenvalue weighted by Gasteiger charge is -2.33. The molecule has 41 heavy (non-hydrogen) atoms. The van der Waals surface area contributed by atoms with Gasteiger partial charge in [-0.3, -0.25) is 0 Å². The summed E-state index contributed by atoms with van der Waals surface area (Å²) >= 11 is 0. The standard InChI is InChI=1S/C25H27F6N9O/c26-24(27,28)15-41-23-37-20(36-21(38-23)34-18-5-3-4-16(14-18)25(29,30)31)33-17-7-12-39(13-8-17)19-6-9-32-22(35-19)40-10-1-2-11-40/h3-6,9,14,17H,1-2,7-8,10-13,15H2,(H2,33,34,36,37,38). The van der Waals surface area contributed by atoms with Gasteiger partial charge in [0.15, 0.2) is 6.61 Å².